The second kappa shape index (κ2) is 4.77. The number of halogens is 6. The molecule has 0 radical (unpaired) electrons. The van der Waals surface area contributed by atoms with Crippen LogP contribution in [0.4, 0.5) is 26.3 Å². The molecular formula is C12H6F6N2. The Morgan fingerprint density at radius 3 is 1.85 bits per heavy atom. The monoisotopic (exact) mass is 292 g/mol. The number of rotatable bonds is 1. The molecule has 2 aromatic rings. The van der Waals surface area contributed by atoms with E-state index < -0.39 is 23.7 Å². The van der Waals surface area contributed by atoms with Crippen molar-refractivity contribution in [3.63, 3.8) is 0 Å². The molecule has 2 heterocycles. The van der Waals surface area contributed by atoms with Crippen molar-refractivity contribution in [2.45, 2.75) is 12.4 Å². The van der Waals surface area contributed by atoms with Crippen molar-refractivity contribution in [1.82, 2.24) is 9.97 Å². The van der Waals surface area contributed by atoms with Gasteiger partial charge in [-0.25, -0.2) is 0 Å². The van der Waals surface area contributed by atoms with Gasteiger partial charge in [0.1, 0.15) is 11.4 Å². The molecule has 8 heteroatoms. The highest BCUT2D eigenvalue weighted by molar-refractivity contribution is 5.62. The fourth-order valence-corrected chi connectivity index (χ4v) is 1.50. The third-order valence-electron chi connectivity index (χ3n) is 2.44. The lowest BCUT2D eigenvalue weighted by molar-refractivity contribution is -0.141. The molecule has 0 saturated heterocycles. The van der Waals surface area contributed by atoms with E-state index in [1.165, 1.54) is 6.07 Å². The minimum atomic E-state index is -4.62. The fraction of sp³-hybridized carbons (Fsp3) is 0.167. The number of hydrogen-bond donors (Lipinski definition) is 0. The first kappa shape index (κ1) is 14.3. The van der Waals surface area contributed by atoms with Gasteiger partial charge in [-0.3, -0.25) is 9.97 Å². The number of alkyl halides is 6. The van der Waals surface area contributed by atoms with Crippen LogP contribution in [0.15, 0.2) is 36.7 Å². The van der Waals surface area contributed by atoms with Gasteiger partial charge in [-0.05, 0) is 23.8 Å². The Kier molecular flexibility index (Phi) is 3.41. The number of nitrogens with zero attached hydrogens (tertiary/aromatic N) is 2. The van der Waals surface area contributed by atoms with Crippen LogP contribution in [0.2, 0.25) is 0 Å². The van der Waals surface area contributed by atoms with Crippen LogP contribution in [0.5, 0.6) is 0 Å². The normalized spacial score (nSPS) is 12.5. The predicted octanol–water partition coefficient (Wildman–Crippen LogP) is 4.18. The van der Waals surface area contributed by atoms with Gasteiger partial charge < -0.3 is 0 Å². The summed E-state index contributed by atoms with van der Waals surface area (Å²) >= 11 is 0. The average Bonchev–Trinajstić information content (AvgIpc) is 2.37. The standard InChI is InChI=1S/C12H6F6N2/c13-11(14,15)9-2-1-8(6-20-9)7-3-4-19-10(5-7)12(16,17)18/h1-6H. The smallest absolute Gasteiger partial charge is 0.252 e. The summed E-state index contributed by atoms with van der Waals surface area (Å²) in [5.74, 6) is 0. The molecule has 0 amide bonds. The molecular weight excluding hydrogens is 286 g/mol. The van der Waals surface area contributed by atoms with E-state index in [0.717, 1.165) is 24.5 Å². The van der Waals surface area contributed by atoms with Gasteiger partial charge >= 0.3 is 12.4 Å². The summed E-state index contributed by atoms with van der Waals surface area (Å²) in [4.78, 5) is 6.36. The van der Waals surface area contributed by atoms with Crippen LogP contribution in [0.1, 0.15) is 11.4 Å². The Morgan fingerprint density at radius 1 is 0.700 bits per heavy atom. The molecule has 0 spiro atoms. The maximum atomic E-state index is 12.5. The highest BCUT2D eigenvalue weighted by Crippen LogP contribution is 2.32. The van der Waals surface area contributed by atoms with Crippen LogP contribution in [-0.4, -0.2) is 9.97 Å². The molecule has 0 aliphatic carbocycles. The first-order valence-electron chi connectivity index (χ1n) is 5.25. The lowest BCUT2D eigenvalue weighted by Gasteiger charge is -2.09. The van der Waals surface area contributed by atoms with Crippen molar-refractivity contribution in [1.29, 1.82) is 0 Å². The molecule has 2 nitrogen and oxygen atoms in total. The summed E-state index contributed by atoms with van der Waals surface area (Å²) in [5.41, 5.74) is -1.99. The summed E-state index contributed by atoms with van der Waals surface area (Å²) < 4.78 is 74.4. The average molecular weight is 292 g/mol. The van der Waals surface area contributed by atoms with Crippen LogP contribution in [0, 0.1) is 0 Å². The Bertz CT molecular complexity index is 601. The molecule has 2 rings (SSSR count). The topological polar surface area (TPSA) is 25.8 Å². The lowest BCUT2D eigenvalue weighted by Crippen LogP contribution is -2.08. The van der Waals surface area contributed by atoms with Crippen molar-refractivity contribution in [2.24, 2.45) is 0 Å². The van der Waals surface area contributed by atoms with Crippen LogP contribution in [0.25, 0.3) is 11.1 Å². The predicted molar refractivity (Wildman–Crippen MR) is 57.5 cm³/mol. The third kappa shape index (κ3) is 3.06. The molecule has 2 aromatic heterocycles. The third-order valence-corrected chi connectivity index (χ3v) is 2.44. The van der Waals surface area contributed by atoms with Crippen molar-refractivity contribution in [2.75, 3.05) is 0 Å². The molecule has 0 aliphatic rings. The number of pyridine rings is 2. The van der Waals surface area contributed by atoms with Crippen molar-refractivity contribution < 1.29 is 26.3 Å². The maximum Gasteiger partial charge on any atom is 0.433 e. The zero-order valence-corrected chi connectivity index (χ0v) is 9.63. The van der Waals surface area contributed by atoms with E-state index in [1.54, 1.807) is 0 Å². The second-order valence-electron chi connectivity index (χ2n) is 3.86. The molecule has 0 aromatic carbocycles. The maximum absolute atomic E-state index is 12.5. The Balaban J connectivity index is 2.38. The van der Waals surface area contributed by atoms with E-state index in [2.05, 4.69) is 9.97 Å². The first-order chi connectivity index (χ1) is 9.18. The van der Waals surface area contributed by atoms with E-state index >= 15 is 0 Å². The fourth-order valence-electron chi connectivity index (χ4n) is 1.50. The molecule has 106 valence electrons. The van der Waals surface area contributed by atoms with Gasteiger partial charge in [0.05, 0.1) is 0 Å². The summed E-state index contributed by atoms with van der Waals surface area (Å²) in [6, 6.07) is 3.79. The highest BCUT2D eigenvalue weighted by atomic mass is 19.4. The molecule has 0 unspecified atom stereocenters. The van der Waals surface area contributed by atoms with Gasteiger partial charge in [0.15, 0.2) is 0 Å². The van der Waals surface area contributed by atoms with Gasteiger partial charge in [-0.1, -0.05) is 6.07 Å². The molecule has 0 aliphatic heterocycles. The number of hydrogen-bond acceptors (Lipinski definition) is 2. The zero-order chi connectivity index (χ0) is 15.0. The minimum absolute atomic E-state index is 0.0912. The molecule has 20 heavy (non-hydrogen) atoms. The van der Waals surface area contributed by atoms with E-state index in [9.17, 15) is 26.3 Å². The molecule has 0 fully saturated rings. The van der Waals surface area contributed by atoms with Crippen LogP contribution in [-0.2, 0) is 12.4 Å². The van der Waals surface area contributed by atoms with E-state index in [4.69, 9.17) is 0 Å². The van der Waals surface area contributed by atoms with Gasteiger partial charge in [0, 0.05) is 18.0 Å². The number of aromatic nitrogens is 2. The summed E-state index contributed by atoms with van der Waals surface area (Å²) in [6.07, 6.45) is -7.39. The van der Waals surface area contributed by atoms with Gasteiger partial charge in [0.2, 0.25) is 0 Å². The zero-order valence-electron chi connectivity index (χ0n) is 9.63. The Morgan fingerprint density at radius 2 is 1.35 bits per heavy atom. The Labute approximate surface area is 109 Å². The van der Waals surface area contributed by atoms with Gasteiger partial charge in [0.25, 0.3) is 0 Å². The highest BCUT2D eigenvalue weighted by Gasteiger charge is 2.33. The van der Waals surface area contributed by atoms with Crippen LogP contribution in [0.3, 0.4) is 0 Å². The quantitative estimate of drug-likeness (QED) is 0.737. The van der Waals surface area contributed by atoms with E-state index in [0.29, 0.717) is 6.07 Å². The lowest BCUT2D eigenvalue weighted by atomic mass is 10.1. The summed E-state index contributed by atoms with van der Waals surface area (Å²) in [6.45, 7) is 0. The summed E-state index contributed by atoms with van der Waals surface area (Å²) in [7, 11) is 0. The van der Waals surface area contributed by atoms with E-state index in [1.807, 2.05) is 0 Å². The first-order valence-corrected chi connectivity index (χ1v) is 5.25. The van der Waals surface area contributed by atoms with Crippen LogP contribution < -0.4 is 0 Å². The van der Waals surface area contributed by atoms with Crippen molar-refractivity contribution in [3.8, 4) is 11.1 Å². The molecule has 0 N–H and O–H groups in total. The summed E-state index contributed by atoms with van der Waals surface area (Å²) in [5, 5.41) is 0. The SMILES string of the molecule is FC(F)(F)c1ccc(-c2ccnc(C(F)(F)F)c2)cn1. The molecule has 0 bridgehead atoms. The van der Waals surface area contributed by atoms with Crippen molar-refractivity contribution in [3.05, 3.63) is 48.0 Å². The van der Waals surface area contributed by atoms with Gasteiger partial charge in [-0.15, -0.1) is 0 Å². The largest absolute Gasteiger partial charge is 0.433 e. The van der Waals surface area contributed by atoms with E-state index in [-0.39, 0.29) is 11.1 Å². The second-order valence-corrected chi connectivity index (χ2v) is 3.86. The van der Waals surface area contributed by atoms with Crippen molar-refractivity contribution >= 4 is 0 Å². The minimum Gasteiger partial charge on any atom is -0.252 e. The molecule has 0 saturated carbocycles. The molecule has 0 atom stereocenters. The van der Waals surface area contributed by atoms with Gasteiger partial charge in [-0.2, -0.15) is 26.3 Å². The van der Waals surface area contributed by atoms with Crippen LogP contribution >= 0.6 is 0 Å². The Hall–Kier alpha value is -2.12.